The second kappa shape index (κ2) is 7.76. The zero-order valence-corrected chi connectivity index (χ0v) is 17.2. The van der Waals surface area contributed by atoms with E-state index < -0.39 is 0 Å². The maximum atomic E-state index is 13.1. The van der Waals surface area contributed by atoms with E-state index in [-0.39, 0.29) is 5.82 Å². The van der Waals surface area contributed by atoms with E-state index in [9.17, 15) is 4.39 Å². The van der Waals surface area contributed by atoms with Crippen LogP contribution in [0.3, 0.4) is 0 Å². The summed E-state index contributed by atoms with van der Waals surface area (Å²) in [6.45, 7) is 2.67. The number of furan rings is 1. The fraction of sp³-hybridized carbons (Fsp3) is 0.0800. The third kappa shape index (κ3) is 3.84. The van der Waals surface area contributed by atoms with Crippen LogP contribution >= 0.6 is 11.3 Å². The molecule has 3 nitrogen and oxygen atoms in total. The summed E-state index contributed by atoms with van der Waals surface area (Å²) in [5.41, 5.74) is 5.26. The van der Waals surface area contributed by atoms with Gasteiger partial charge in [-0.25, -0.2) is 9.37 Å². The maximum Gasteiger partial charge on any atom is 0.134 e. The summed E-state index contributed by atoms with van der Waals surface area (Å²) >= 11 is 1.71. The fourth-order valence-electron chi connectivity index (χ4n) is 3.32. The van der Waals surface area contributed by atoms with Crippen LogP contribution < -0.4 is 5.32 Å². The van der Waals surface area contributed by atoms with Gasteiger partial charge >= 0.3 is 0 Å². The number of thiazole rings is 1. The Morgan fingerprint density at radius 2 is 1.67 bits per heavy atom. The van der Waals surface area contributed by atoms with E-state index >= 15 is 0 Å². The first-order chi connectivity index (χ1) is 14.6. The summed E-state index contributed by atoms with van der Waals surface area (Å²) < 4.78 is 20.2. The van der Waals surface area contributed by atoms with Gasteiger partial charge in [0.15, 0.2) is 0 Å². The molecule has 0 amide bonds. The zero-order chi connectivity index (χ0) is 20.5. The number of nitrogens with one attached hydrogen (secondary N) is 1. The van der Waals surface area contributed by atoms with E-state index in [1.165, 1.54) is 22.4 Å². The Hall–Kier alpha value is -3.44. The van der Waals surface area contributed by atoms with Crippen LogP contribution in [0, 0.1) is 12.7 Å². The summed E-state index contributed by atoms with van der Waals surface area (Å²) in [4.78, 5) is 4.74. The lowest BCUT2D eigenvalue weighted by atomic mass is 10.2. The molecule has 0 spiro atoms. The highest BCUT2D eigenvalue weighted by Gasteiger charge is 2.08. The van der Waals surface area contributed by atoms with Crippen LogP contribution in [0.15, 0.2) is 83.3 Å². The van der Waals surface area contributed by atoms with Gasteiger partial charge in [-0.05, 0) is 85.3 Å². The summed E-state index contributed by atoms with van der Waals surface area (Å²) in [7, 11) is 0. The normalized spacial score (nSPS) is 11.1. The lowest BCUT2D eigenvalue weighted by Gasteiger charge is -2.05. The molecule has 0 radical (unpaired) electrons. The van der Waals surface area contributed by atoms with Crippen LogP contribution in [0.2, 0.25) is 0 Å². The minimum absolute atomic E-state index is 0.253. The van der Waals surface area contributed by atoms with Crippen molar-refractivity contribution in [3.63, 3.8) is 0 Å². The molecule has 0 aliphatic rings. The molecular weight excluding hydrogens is 395 g/mol. The van der Waals surface area contributed by atoms with Gasteiger partial charge in [-0.2, -0.15) is 0 Å². The van der Waals surface area contributed by atoms with Crippen molar-refractivity contribution in [3.05, 3.63) is 96.0 Å². The van der Waals surface area contributed by atoms with E-state index in [1.54, 1.807) is 23.5 Å². The van der Waals surface area contributed by atoms with Crippen LogP contribution in [0.4, 0.5) is 10.1 Å². The smallest absolute Gasteiger partial charge is 0.134 e. The minimum Gasteiger partial charge on any atom is -0.459 e. The predicted molar refractivity (Wildman–Crippen MR) is 121 cm³/mol. The van der Waals surface area contributed by atoms with Crippen molar-refractivity contribution in [2.45, 2.75) is 13.5 Å². The van der Waals surface area contributed by atoms with Gasteiger partial charge in [0.1, 0.15) is 22.3 Å². The quantitative estimate of drug-likeness (QED) is 0.328. The van der Waals surface area contributed by atoms with Gasteiger partial charge in [-0.15, -0.1) is 11.3 Å². The van der Waals surface area contributed by atoms with Gasteiger partial charge in [0.05, 0.1) is 16.8 Å². The van der Waals surface area contributed by atoms with Gasteiger partial charge in [0.2, 0.25) is 0 Å². The fourth-order valence-corrected chi connectivity index (χ4v) is 4.39. The van der Waals surface area contributed by atoms with E-state index in [0.29, 0.717) is 6.54 Å². The zero-order valence-electron chi connectivity index (χ0n) is 16.4. The highest BCUT2D eigenvalue weighted by Crippen LogP contribution is 2.31. The first kappa shape index (κ1) is 18.6. The molecule has 30 heavy (non-hydrogen) atoms. The van der Waals surface area contributed by atoms with E-state index in [1.807, 2.05) is 12.1 Å². The van der Waals surface area contributed by atoms with Crippen molar-refractivity contribution < 1.29 is 8.81 Å². The molecule has 0 bridgehead atoms. The Labute approximate surface area is 177 Å². The number of rotatable bonds is 5. The molecular formula is C25H19FN2OS. The summed E-state index contributed by atoms with van der Waals surface area (Å²) in [5.74, 6) is 1.30. The van der Waals surface area contributed by atoms with E-state index in [0.717, 1.165) is 38.9 Å². The largest absolute Gasteiger partial charge is 0.459 e. The third-order valence-corrected chi connectivity index (χ3v) is 6.00. The lowest BCUT2D eigenvalue weighted by Crippen LogP contribution is -1.97. The van der Waals surface area contributed by atoms with Crippen LogP contribution in [-0.4, -0.2) is 4.98 Å². The molecule has 0 saturated heterocycles. The van der Waals surface area contributed by atoms with E-state index in [2.05, 4.69) is 54.7 Å². The third-order valence-electron chi connectivity index (χ3n) is 4.93. The van der Waals surface area contributed by atoms with Crippen LogP contribution in [0.5, 0.6) is 0 Å². The number of hydrogen-bond acceptors (Lipinski definition) is 4. The molecule has 0 aliphatic carbocycles. The number of aryl methyl sites for hydroxylation is 1. The number of aromatic nitrogens is 1. The topological polar surface area (TPSA) is 38.1 Å². The SMILES string of the molecule is Cc1ccc2nc(-c3ccc(NCc4ccc(-c5ccc(F)cc5)o4)cc3)sc2c1. The average Bonchev–Trinajstić information content (AvgIpc) is 3.40. The Morgan fingerprint density at radius 3 is 2.47 bits per heavy atom. The van der Waals surface area contributed by atoms with Crippen molar-refractivity contribution in [1.29, 1.82) is 0 Å². The molecule has 0 unspecified atom stereocenters. The maximum absolute atomic E-state index is 13.1. The second-order valence-electron chi connectivity index (χ2n) is 7.19. The highest BCUT2D eigenvalue weighted by atomic mass is 32.1. The number of halogens is 1. The molecule has 5 rings (SSSR count). The highest BCUT2D eigenvalue weighted by molar-refractivity contribution is 7.21. The second-order valence-corrected chi connectivity index (χ2v) is 8.22. The summed E-state index contributed by atoms with van der Waals surface area (Å²) in [6, 6.07) is 24.8. The Morgan fingerprint density at radius 1 is 0.900 bits per heavy atom. The van der Waals surface area contributed by atoms with Crippen LogP contribution in [-0.2, 0) is 6.54 Å². The number of hydrogen-bond donors (Lipinski definition) is 1. The lowest BCUT2D eigenvalue weighted by molar-refractivity contribution is 0.531. The Kier molecular flexibility index (Phi) is 4.81. The van der Waals surface area contributed by atoms with Gasteiger partial charge in [-0.1, -0.05) is 6.07 Å². The standard InChI is InChI=1S/C25H19FN2OS/c1-16-2-12-22-24(14-16)30-25(28-22)18-5-9-20(10-6-18)27-15-21-11-13-23(29-21)17-3-7-19(26)8-4-17/h2-14,27H,15H2,1H3. The number of fused-ring (bicyclic) bond motifs is 1. The molecule has 3 aromatic carbocycles. The summed E-state index contributed by atoms with van der Waals surface area (Å²) in [5, 5.41) is 4.40. The molecule has 0 saturated carbocycles. The van der Waals surface area contributed by atoms with Crippen LogP contribution in [0.1, 0.15) is 11.3 Å². The number of benzene rings is 3. The molecule has 2 aromatic heterocycles. The summed E-state index contributed by atoms with van der Waals surface area (Å²) in [6.07, 6.45) is 0. The molecule has 0 fully saturated rings. The minimum atomic E-state index is -0.253. The van der Waals surface area contributed by atoms with Gasteiger partial charge in [0.25, 0.3) is 0 Å². The van der Waals surface area contributed by atoms with Crippen molar-refractivity contribution in [2.75, 3.05) is 5.32 Å². The molecule has 5 heteroatoms. The predicted octanol–water partition coefficient (Wildman–Crippen LogP) is 7.28. The number of anilines is 1. The van der Waals surface area contributed by atoms with Gasteiger partial charge < -0.3 is 9.73 Å². The van der Waals surface area contributed by atoms with Crippen molar-refractivity contribution in [1.82, 2.24) is 4.98 Å². The van der Waals surface area contributed by atoms with Gasteiger partial charge in [-0.3, -0.25) is 0 Å². The monoisotopic (exact) mass is 414 g/mol. The Bertz CT molecular complexity index is 1300. The Balaban J connectivity index is 1.26. The van der Waals surface area contributed by atoms with Gasteiger partial charge in [0, 0.05) is 16.8 Å². The molecule has 0 aliphatic heterocycles. The molecule has 148 valence electrons. The van der Waals surface area contributed by atoms with Crippen molar-refractivity contribution in [2.24, 2.45) is 0 Å². The average molecular weight is 415 g/mol. The van der Waals surface area contributed by atoms with Crippen LogP contribution in [0.25, 0.3) is 32.1 Å². The van der Waals surface area contributed by atoms with Crippen molar-refractivity contribution >= 4 is 27.2 Å². The first-order valence-electron chi connectivity index (χ1n) is 9.70. The molecule has 1 N–H and O–H groups in total. The molecule has 2 heterocycles. The molecule has 5 aromatic rings. The molecule has 0 atom stereocenters. The first-order valence-corrected chi connectivity index (χ1v) is 10.5. The van der Waals surface area contributed by atoms with E-state index in [4.69, 9.17) is 9.40 Å². The number of nitrogens with zero attached hydrogens (tertiary/aromatic N) is 1. The van der Waals surface area contributed by atoms with Crippen molar-refractivity contribution in [3.8, 4) is 21.9 Å².